The first-order valence-corrected chi connectivity index (χ1v) is 9.25. The van der Waals surface area contributed by atoms with Gasteiger partial charge in [0.1, 0.15) is 0 Å². The molecule has 0 spiro atoms. The molecule has 0 saturated heterocycles. The van der Waals surface area contributed by atoms with E-state index in [4.69, 9.17) is 4.74 Å². The highest BCUT2D eigenvalue weighted by Gasteiger charge is 2.38. The monoisotopic (exact) mass is 388 g/mol. The largest absolute Gasteiger partial charge is 0.466 e. The van der Waals surface area contributed by atoms with Crippen molar-refractivity contribution in [2.24, 2.45) is 5.92 Å². The number of benzene rings is 1. The lowest BCUT2D eigenvalue weighted by molar-refractivity contribution is -0.136. The molecule has 1 aliphatic rings. The van der Waals surface area contributed by atoms with Crippen molar-refractivity contribution in [1.29, 1.82) is 0 Å². The summed E-state index contributed by atoms with van der Waals surface area (Å²) in [5.74, 6) is -1.08. The molecule has 7 heteroatoms. The molecule has 0 radical (unpaired) electrons. The van der Waals surface area contributed by atoms with Crippen LogP contribution in [0.2, 0.25) is 0 Å². The molecule has 1 unspecified atom stereocenters. The third-order valence-corrected chi connectivity index (χ3v) is 4.88. The minimum atomic E-state index is -0.772. The van der Waals surface area contributed by atoms with Crippen molar-refractivity contribution in [3.63, 3.8) is 0 Å². The number of nitrogens with one attached hydrogen (secondary N) is 1. The SMILES string of the molecule is COC(=O)C1=C(C)NC(C)=C(C(=O)CCC(C)C)C1c1ccccc1N(O)O. The molecular formula is C21H28N2O5. The van der Waals surface area contributed by atoms with E-state index in [1.54, 1.807) is 32.0 Å². The Morgan fingerprint density at radius 1 is 1.14 bits per heavy atom. The fourth-order valence-electron chi connectivity index (χ4n) is 3.52. The third-order valence-electron chi connectivity index (χ3n) is 4.88. The highest BCUT2D eigenvalue weighted by atomic mass is 16.8. The summed E-state index contributed by atoms with van der Waals surface area (Å²) in [5, 5.41) is 22.5. The van der Waals surface area contributed by atoms with Crippen LogP contribution in [0.5, 0.6) is 0 Å². The predicted octanol–water partition coefficient (Wildman–Crippen LogP) is 3.68. The lowest BCUT2D eigenvalue weighted by Gasteiger charge is -2.32. The maximum Gasteiger partial charge on any atom is 0.336 e. The number of esters is 1. The van der Waals surface area contributed by atoms with Gasteiger partial charge in [0.2, 0.25) is 0 Å². The smallest absolute Gasteiger partial charge is 0.336 e. The molecule has 0 bridgehead atoms. The van der Waals surface area contributed by atoms with E-state index >= 15 is 0 Å². The number of ether oxygens (including phenoxy) is 1. The van der Waals surface area contributed by atoms with Crippen molar-refractivity contribution in [2.75, 3.05) is 12.3 Å². The van der Waals surface area contributed by atoms with Crippen molar-refractivity contribution in [3.05, 3.63) is 52.4 Å². The van der Waals surface area contributed by atoms with E-state index in [0.717, 1.165) is 0 Å². The second-order valence-electron chi connectivity index (χ2n) is 7.33. The van der Waals surface area contributed by atoms with Gasteiger partial charge < -0.3 is 10.1 Å². The van der Waals surface area contributed by atoms with Crippen LogP contribution in [0, 0.1) is 5.92 Å². The summed E-state index contributed by atoms with van der Waals surface area (Å²) in [6.45, 7) is 7.60. The Kier molecular flexibility index (Phi) is 6.99. The molecule has 1 aliphatic heterocycles. The fraction of sp³-hybridized carbons (Fsp3) is 0.429. The normalized spacial score (nSPS) is 16.9. The summed E-state index contributed by atoms with van der Waals surface area (Å²) in [5.41, 5.74) is 2.43. The molecule has 1 aromatic carbocycles. The van der Waals surface area contributed by atoms with E-state index in [-0.39, 0.29) is 22.3 Å². The number of dihydropyridines is 1. The van der Waals surface area contributed by atoms with Crippen LogP contribution in [0.15, 0.2) is 46.8 Å². The minimum absolute atomic E-state index is 0.00709. The summed E-state index contributed by atoms with van der Waals surface area (Å²) < 4.78 is 4.96. The lowest BCUT2D eigenvalue weighted by atomic mass is 9.77. The summed E-state index contributed by atoms with van der Waals surface area (Å²) in [7, 11) is 1.28. The van der Waals surface area contributed by atoms with Gasteiger partial charge in [0.25, 0.3) is 0 Å². The first-order chi connectivity index (χ1) is 13.2. The van der Waals surface area contributed by atoms with E-state index in [1.165, 1.54) is 13.2 Å². The molecular weight excluding hydrogens is 360 g/mol. The first-order valence-electron chi connectivity index (χ1n) is 9.25. The molecule has 28 heavy (non-hydrogen) atoms. The maximum atomic E-state index is 13.1. The van der Waals surface area contributed by atoms with Crippen LogP contribution in [0.4, 0.5) is 5.69 Å². The molecule has 7 nitrogen and oxygen atoms in total. The molecule has 1 atom stereocenters. The zero-order chi connectivity index (χ0) is 21.0. The maximum absolute atomic E-state index is 13.1. The number of rotatable bonds is 7. The number of ketones is 1. The Hall–Kier alpha value is -2.64. The average molecular weight is 388 g/mol. The van der Waals surface area contributed by atoms with Gasteiger partial charge >= 0.3 is 5.97 Å². The van der Waals surface area contributed by atoms with Gasteiger partial charge in [-0.3, -0.25) is 15.2 Å². The number of allylic oxidation sites excluding steroid dienone is 3. The first kappa shape index (κ1) is 21.7. The van der Waals surface area contributed by atoms with Crippen molar-refractivity contribution < 1.29 is 24.7 Å². The number of methoxy groups -OCH3 is 1. The number of carbonyl (C=O) groups excluding carboxylic acids is 2. The Morgan fingerprint density at radius 3 is 2.32 bits per heavy atom. The van der Waals surface area contributed by atoms with Crippen molar-refractivity contribution in [3.8, 4) is 0 Å². The summed E-state index contributed by atoms with van der Waals surface area (Å²) in [6, 6.07) is 6.54. The molecule has 1 heterocycles. The van der Waals surface area contributed by atoms with E-state index < -0.39 is 11.9 Å². The molecule has 2 rings (SSSR count). The zero-order valence-corrected chi connectivity index (χ0v) is 16.9. The summed E-state index contributed by atoms with van der Waals surface area (Å²) >= 11 is 0. The van der Waals surface area contributed by atoms with Gasteiger partial charge in [0.05, 0.1) is 24.3 Å². The highest BCUT2D eigenvalue weighted by molar-refractivity contribution is 6.03. The van der Waals surface area contributed by atoms with Gasteiger partial charge in [0, 0.05) is 23.4 Å². The number of anilines is 1. The Balaban J connectivity index is 2.67. The van der Waals surface area contributed by atoms with Crippen molar-refractivity contribution in [1.82, 2.24) is 5.32 Å². The number of para-hydroxylation sites is 1. The third kappa shape index (κ3) is 4.43. The minimum Gasteiger partial charge on any atom is -0.466 e. The molecule has 152 valence electrons. The molecule has 0 saturated carbocycles. The molecule has 0 fully saturated rings. The average Bonchev–Trinajstić information content (AvgIpc) is 2.64. The molecule has 0 aromatic heterocycles. The van der Waals surface area contributed by atoms with Crippen LogP contribution < -0.4 is 10.5 Å². The number of nitrogens with zero attached hydrogens (tertiary/aromatic N) is 1. The van der Waals surface area contributed by atoms with E-state index in [9.17, 15) is 20.0 Å². The van der Waals surface area contributed by atoms with Gasteiger partial charge in [-0.05, 0) is 37.8 Å². The number of hydrogen-bond acceptors (Lipinski definition) is 7. The predicted molar refractivity (Wildman–Crippen MR) is 105 cm³/mol. The van der Waals surface area contributed by atoms with Crippen LogP contribution in [0.1, 0.15) is 52.0 Å². The van der Waals surface area contributed by atoms with Crippen LogP contribution in [-0.4, -0.2) is 29.3 Å². The Morgan fingerprint density at radius 2 is 1.75 bits per heavy atom. The quantitative estimate of drug-likeness (QED) is 0.484. The molecule has 0 aliphatic carbocycles. The van der Waals surface area contributed by atoms with E-state index in [2.05, 4.69) is 5.32 Å². The molecule has 0 amide bonds. The van der Waals surface area contributed by atoms with Crippen LogP contribution in [0.25, 0.3) is 0 Å². The standard InChI is InChI=1S/C21H28N2O5/c1-12(2)10-11-17(24)18-13(3)22-14(4)19(21(25)28-5)20(18)15-8-6-7-9-16(15)23(26)27/h6-9,12,20,22,26-27H,10-11H2,1-5H3. The Labute approximate surface area is 165 Å². The van der Waals surface area contributed by atoms with E-state index in [0.29, 0.717) is 41.3 Å². The number of hydrogen-bond donors (Lipinski definition) is 3. The Bertz CT molecular complexity index is 824. The number of carbonyl (C=O) groups is 2. The topological polar surface area (TPSA) is 99.1 Å². The van der Waals surface area contributed by atoms with Gasteiger partial charge in [-0.1, -0.05) is 32.0 Å². The summed E-state index contributed by atoms with van der Waals surface area (Å²) in [4.78, 5) is 25.7. The summed E-state index contributed by atoms with van der Waals surface area (Å²) in [6.07, 6.45) is 1.05. The number of Topliss-reactive ketones (excluding diaryl/α,β-unsaturated/α-hetero) is 1. The molecule has 1 aromatic rings. The lowest BCUT2D eigenvalue weighted by Crippen LogP contribution is -2.32. The van der Waals surface area contributed by atoms with Gasteiger partial charge in [-0.15, -0.1) is 5.23 Å². The van der Waals surface area contributed by atoms with Crippen LogP contribution >= 0.6 is 0 Å². The van der Waals surface area contributed by atoms with Crippen molar-refractivity contribution >= 4 is 17.4 Å². The van der Waals surface area contributed by atoms with Gasteiger partial charge in [0.15, 0.2) is 5.78 Å². The van der Waals surface area contributed by atoms with Crippen LogP contribution in [0.3, 0.4) is 0 Å². The van der Waals surface area contributed by atoms with Gasteiger partial charge in [-0.25, -0.2) is 4.79 Å². The second kappa shape index (κ2) is 9.03. The van der Waals surface area contributed by atoms with Crippen molar-refractivity contribution in [2.45, 2.75) is 46.5 Å². The second-order valence-corrected chi connectivity index (χ2v) is 7.33. The van der Waals surface area contributed by atoms with Gasteiger partial charge in [-0.2, -0.15) is 0 Å². The highest BCUT2D eigenvalue weighted by Crippen LogP contribution is 2.42. The van der Waals surface area contributed by atoms with E-state index in [1.807, 2.05) is 13.8 Å². The van der Waals surface area contributed by atoms with Crippen LogP contribution in [-0.2, 0) is 14.3 Å². The zero-order valence-electron chi connectivity index (χ0n) is 16.9. The molecule has 3 N–H and O–H groups in total. The fourth-order valence-corrected chi connectivity index (χ4v) is 3.52.